The number of unbranched alkanes of at least 4 members (excludes halogenated alkanes) is 1. The summed E-state index contributed by atoms with van der Waals surface area (Å²) in [5.41, 5.74) is 0. The van der Waals surface area contributed by atoms with Crippen molar-refractivity contribution >= 4 is 5.91 Å². The van der Waals surface area contributed by atoms with Crippen molar-refractivity contribution in [2.45, 2.75) is 51.7 Å². The topological polar surface area (TPSA) is 50.4 Å². The van der Waals surface area contributed by atoms with Gasteiger partial charge in [0.25, 0.3) is 0 Å². The van der Waals surface area contributed by atoms with Gasteiger partial charge >= 0.3 is 0 Å². The van der Waals surface area contributed by atoms with Gasteiger partial charge in [-0.2, -0.15) is 0 Å². The van der Waals surface area contributed by atoms with E-state index in [1.807, 2.05) is 0 Å². The van der Waals surface area contributed by atoms with Crippen LogP contribution in [0, 0.1) is 0 Å². The van der Waals surface area contributed by atoms with Crippen molar-refractivity contribution in [2.75, 3.05) is 19.7 Å². The highest BCUT2D eigenvalue weighted by Gasteiger charge is 2.21. The van der Waals surface area contributed by atoms with E-state index in [-0.39, 0.29) is 18.6 Å². The molecule has 1 rings (SSSR count). The number of ether oxygens (including phenoxy) is 1. The molecule has 0 aliphatic carbocycles. The second-order valence-electron chi connectivity index (χ2n) is 4.44. The van der Waals surface area contributed by atoms with Crippen LogP contribution < -0.4 is 10.6 Å². The SMILES string of the molecule is CCCCNC(=O)COC1CCCNC1C. The molecule has 0 spiro atoms. The van der Waals surface area contributed by atoms with E-state index in [1.165, 1.54) is 0 Å². The van der Waals surface area contributed by atoms with Crippen LogP contribution in [0.2, 0.25) is 0 Å². The Balaban J connectivity index is 2.10. The van der Waals surface area contributed by atoms with Crippen molar-refractivity contribution in [3.05, 3.63) is 0 Å². The minimum absolute atomic E-state index is 0.00576. The molecular formula is C12H24N2O2. The summed E-state index contributed by atoms with van der Waals surface area (Å²) in [5.74, 6) is 0.00576. The molecule has 0 bridgehead atoms. The van der Waals surface area contributed by atoms with Crippen LogP contribution in [0.1, 0.15) is 39.5 Å². The van der Waals surface area contributed by atoms with Crippen LogP contribution >= 0.6 is 0 Å². The van der Waals surface area contributed by atoms with Gasteiger partial charge in [-0.1, -0.05) is 13.3 Å². The minimum atomic E-state index is 0.00576. The van der Waals surface area contributed by atoms with Crippen molar-refractivity contribution in [3.63, 3.8) is 0 Å². The average molecular weight is 228 g/mol. The number of amides is 1. The molecule has 0 saturated carbocycles. The van der Waals surface area contributed by atoms with Crippen LogP contribution in [-0.2, 0) is 9.53 Å². The number of nitrogens with one attached hydrogen (secondary N) is 2. The van der Waals surface area contributed by atoms with Gasteiger partial charge in [-0.05, 0) is 32.7 Å². The van der Waals surface area contributed by atoms with Crippen molar-refractivity contribution in [1.82, 2.24) is 10.6 Å². The maximum Gasteiger partial charge on any atom is 0.246 e. The monoisotopic (exact) mass is 228 g/mol. The van der Waals surface area contributed by atoms with Gasteiger partial charge in [-0.25, -0.2) is 0 Å². The second-order valence-corrected chi connectivity index (χ2v) is 4.44. The van der Waals surface area contributed by atoms with Crippen LogP contribution in [0.15, 0.2) is 0 Å². The summed E-state index contributed by atoms with van der Waals surface area (Å²) >= 11 is 0. The Morgan fingerprint density at radius 2 is 2.38 bits per heavy atom. The first kappa shape index (κ1) is 13.5. The van der Waals surface area contributed by atoms with E-state index in [0.717, 1.165) is 38.8 Å². The van der Waals surface area contributed by atoms with E-state index in [1.54, 1.807) is 0 Å². The summed E-state index contributed by atoms with van der Waals surface area (Å²) in [6.45, 7) is 6.23. The maximum atomic E-state index is 11.4. The van der Waals surface area contributed by atoms with E-state index in [0.29, 0.717) is 6.04 Å². The first-order valence-electron chi connectivity index (χ1n) is 6.35. The lowest BCUT2D eigenvalue weighted by Crippen LogP contribution is -2.45. The Hall–Kier alpha value is -0.610. The first-order chi connectivity index (χ1) is 7.74. The largest absolute Gasteiger partial charge is 0.367 e. The summed E-state index contributed by atoms with van der Waals surface area (Å²) in [6, 6.07) is 0.359. The van der Waals surface area contributed by atoms with Gasteiger partial charge in [-0.15, -0.1) is 0 Å². The third-order valence-corrected chi connectivity index (χ3v) is 2.97. The van der Waals surface area contributed by atoms with Crippen molar-refractivity contribution in [1.29, 1.82) is 0 Å². The van der Waals surface area contributed by atoms with Crippen molar-refractivity contribution in [3.8, 4) is 0 Å². The van der Waals surface area contributed by atoms with Gasteiger partial charge in [0.1, 0.15) is 6.61 Å². The molecule has 1 fully saturated rings. The Bertz CT molecular complexity index is 209. The fraction of sp³-hybridized carbons (Fsp3) is 0.917. The Morgan fingerprint density at radius 3 is 3.06 bits per heavy atom. The van der Waals surface area contributed by atoms with Gasteiger partial charge in [0.05, 0.1) is 6.10 Å². The Kier molecular flexibility index (Phi) is 6.42. The standard InChI is InChI=1S/C12H24N2O2/c1-3-4-7-14-12(15)9-16-11-6-5-8-13-10(11)2/h10-11,13H,3-9H2,1-2H3,(H,14,15). The predicted molar refractivity (Wildman–Crippen MR) is 64.4 cm³/mol. The molecule has 1 aliphatic heterocycles. The molecule has 4 heteroatoms. The van der Waals surface area contributed by atoms with Gasteiger partial charge in [0, 0.05) is 12.6 Å². The van der Waals surface area contributed by atoms with Crippen molar-refractivity contribution in [2.24, 2.45) is 0 Å². The second kappa shape index (κ2) is 7.63. The van der Waals surface area contributed by atoms with Crippen LogP contribution in [-0.4, -0.2) is 37.7 Å². The minimum Gasteiger partial charge on any atom is -0.367 e. The molecule has 94 valence electrons. The van der Waals surface area contributed by atoms with E-state index >= 15 is 0 Å². The van der Waals surface area contributed by atoms with Gasteiger partial charge in [0.15, 0.2) is 0 Å². The van der Waals surface area contributed by atoms with E-state index < -0.39 is 0 Å². The number of rotatable bonds is 6. The molecule has 2 N–H and O–H groups in total. The number of hydrogen-bond acceptors (Lipinski definition) is 3. The normalized spacial score (nSPS) is 25.4. The molecule has 0 radical (unpaired) electrons. The molecule has 0 aromatic heterocycles. The zero-order chi connectivity index (χ0) is 11.8. The summed E-state index contributed by atoms with van der Waals surface area (Å²) in [7, 11) is 0. The van der Waals surface area contributed by atoms with Crippen LogP contribution in [0.3, 0.4) is 0 Å². The highest BCUT2D eigenvalue weighted by atomic mass is 16.5. The first-order valence-corrected chi connectivity index (χ1v) is 6.35. The number of piperidine rings is 1. The summed E-state index contributed by atoms with van der Waals surface area (Å²) in [4.78, 5) is 11.4. The van der Waals surface area contributed by atoms with Crippen LogP contribution in [0.25, 0.3) is 0 Å². The zero-order valence-corrected chi connectivity index (χ0v) is 10.4. The lowest BCUT2D eigenvalue weighted by molar-refractivity contribution is -0.128. The molecule has 4 nitrogen and oxygen atoms in total. The molecule has 1 amide bonds. The third-order valence-electron chi connectivity index (χ3n) is 2.97. The highest BCUT2D eigenvalue weighted by molar-refractivity contribution is 5.77. The summed E-state index contributed by atoms with van der Waals surface area (Å²) < 4.78 is 5.61. The molecule has 1 aliphatic rings. The molecule has 2 atom stereocenters. The quantitative estimate of drug-likeness (QED) is 0.668. The Morgan fingerprint density at radius 1 is 1.56 bits per heavy atom. The molecule has 0 aromatic carbocycles. The molecule has 16 heavy (non-hydrogen) atoms. The average Bonchev–Trinajstić information content (AvgIpc) is 2.28. The van der Waals surface area contributed by atoms with Crippen LogP contribution in [0.4, 0.5) is 0 Å². The number of carbonyl (C=O) groups is 1. The lowest BCUT2D eigenvalue weighted by atomic mass is 10.0. The van der Waals surface area contributed by atoms with Gasteiger partial charge < -0.3 is 15.4 Å². The third kappa shape index (κ3) is 4.94. The van der Waals surface area contributed by atoms with Gasteiger partial charge in [-0.3, -0.25) is 4.79 Å². The molecule has 2 unspecified atom stereocenters. The lowest BCUT2D eigenvalue weighted by Gasteiger charge is -2.29. The van der Waals surface area contributed by atoms with Crippen molar-refractivity contribution < 1.29 is 9.53 Å². The fourth-order valence-corrected chi connectivity index (χ4v) is 1.88. The van der Waals surface area contributed by atoms with E-state index in [4.69, 9.17) is 4.74 Å². The van der Waals surface area contributed by atoms with Crippen LogP contribution in [0.5, 0.6) is 0 Å². The van der Waals surface area contributed by atoms with E-state index in [9.17, 15) is 4.79 Å². The maximum absolute atomic E-state index is 11.4. The fourth-order valence-electron chi connectivity index (χ4n) is 1.88. The molecule has 1 heterocycles. The number of carbonyl (C=O) groups excluding carboxylic acids is 1. The summed E-state index contributed by atoms with van der Waals surface area (Å²) in [5, 5.41) is 6.21. The smallest absolute Gasteiger partial charge is 0.246 e. The molecule has 1 saturated heterocycles. The Labute approximate surface area is 98.1 Å². The highest BCUT2D eigenvalue weighted by Crippen LogP contribution is 2.11. The predicted octanol–water partition coefficient (Wildman–Crippen LogP) is 1.06. The zero-order valence-electron chi connectivity index (χ0n) is 10.4. The number of hydrogen-bond donors (Lipinski definition) is 2. The van der Waals surface area contributed by atoms with E-state index in [2.05, 4.69) is 24.5 Å². The molecule has 0 aromatic rings. The summed E-state index contributed by atoms with van der Waals surface area (Å²) in [6.07, 6.45) is 4.51. The van der Waals surface area contributed by atoms with Gasteiger partial charge in [0.2, 0.25) is 5.91 Å². The molecular weight excluding hydrogens is 204 g/mol.